The zero-order chi connectivity index (χ0) is 11.6. The van der Waals surface area contributed by atoms with Gasteiger partial charge in [-0.25, -0.2) is 0 Å². The van der Waals surface area contributed by atoms with Gasteiger partial charge < -0.3 is 0 Å². The van der Waals surface area contributed by atoms with Crippen molar-refractivity contribution in [2.24, 2.45) is 0 Å². The highest BCUT2D eigenvalue weighted by atomic mass is 14.1. The highest BCUT2D eigenvalue weighted by Gasteiger charge is 2.06. The fourth-order valence-electron chi connectivity index (χ4n) is 1.67. The topological polar surface area (TPSA) is 0 Å². The van der Waals surface area contributed by atoms with Gasteiger partial charge in [0, 0.05) is 0 Å². The van der Waals surface area contributed by atoms with Gasteiger partial charge in [0.05, 0.1) is 0 Å². The molecule has 0 aliphatic rings. The Balaban J connectivity index is 3.27. The monoisotopic (exact) mass is 200 g/mol. The molecule has 0 bridgehead atoms. The van der Waals surface area contributed by atoms with Gasteiger partial charge in [0.2, 0.25) is 0 Å². The van der Waals surface area contributed by atoms with Crippen LogP contribution in [0.15, 0.2) is 30.4 Å². The maximum Gasteiger partial charge on any atom is -0.0155 e. The van der Waals surface area contributed by atoms with Crippen molar-refractivity contribution in [1.82, 2.24) is 0 Å². The van der Waals surface area contributed by atoms with Crippen molar-refractivity contribution in [3.63, 3.8) is 0 Å². The maximum atomic E-state index is 4.16. The van der Waals surface area contributed by atoms with Crippen LogP contribution in [0.1, 0.15) is 36.1 Å². The molecular weight excluding hydrogens is 180 g/mol. The van der Waals surface area contributed by atoms with Crippen molar-refractivity contribution >= 4 is 5.57 Å². The Morgan fingerprint density at radius 1 is 1.07 bits per heavy atom. The summed E-state index contributed by atoms with van der Waals surface area (Å²) in [4.78, 5) is 0. The minimum absolute atomic E-state index is 1.14. The zero-order valence-electron chi connectivity index (χ0n) is 10.4. The Morgan fingerprint density at radius 2 is 1.60 bits per heavy atom. The quantitative estimate of drug-likeness (QED) is 0.612. The lowest BCUT2D eigenvalue weighted by Gasteiger charge is -2.12. The molecule has 15 heavy (non-hydrogen) atoms. The SMILES string of the molecule is C=C(/C(C)=C\C)c1cc(C)c(C)cc1C. The summed E-state index contributed by atoms with van der Waals surface area (Å²) in [5.41, 5.74) is 7.65. The molecule has 0 aromatic heterocycles. The molecule has 0 atom stereocenters. The van der Waals surface area contributed by atoms with Crippen LogP contribution in [0, 0.1) is 20.8 Å². The molecule has 0 aliphatic carbocycles. The summed E-state index contributed by atoms with van der Waals surface area (Å²) in [7, 11) is 0. The molecule has 0 aliphatic heterocycles. The van der Waals surface area contributed by atoms with Crippen LogP contribution in [-0.2, 0) is 0 Å². The summed E-state index contributed by atoms with van der Waals surface area (Å²) in [5.74, 6) is 0. The summed E-state index contributed by atoms with van der Waals surface area (Å²) in [6, 6.07) is 4.47. The van der Waals surface area contributed by atoms with Crippen LogP contribution in [0.2, 0.25) is 0 Å². The smallest absolute Gasteiger partial charge is 0.0155 e. The van der Waals surface area contributed by atoms with Crippen molar-refractivity contribution in [3.8, 4) is 0 Å². The molecule has 80 valence electrons. The third-order valence-corrected chi connectivity index (χ3v) is 3.07. The van der Waals surface area contributed by atoms with Crippen molar-refractivity contribution in [3.05, 3.63) is 52.6 Å². The lowest BCUT2D eigenvalue weighted by molar-refractivity contribution is 1.27. The maximum absolute atomic E-state index is 4.16. The number of aryl methyl sites for hydroxylation is 3. The first-order chi connectivity index (χ1) is 6.97. The van der Waals surface area contributed by atoms with Crippen molar-refractivity contribution < 1.29 is 0 Å². The van der Waals surface area contributed by atoms with Crippen LogP contribution >= 0.6 is 0 Å². The first kappa shape index (κ1) is 11.8. The van der Waals surface area contributed by atoms with Gasteiger partial charge >= 0.3 is 0 Å². The van der Waals surface area contributed by atoms with Crippen molar-refractivity contribution in [1.29, 1.82) is 0 Å². The van der Waals surface area contributed by atoms with E-state index in [9.17, 15) is 0 Å². The molecule has 0 amide bonds. The molecular formula is C15H20. The average molecular weight is 200 g/mol. The van der Waals surface area contributed by atoms with Gasteiger partial charge in [-0.05, 0) is 68.0 Å². The number of rotatable bonds is 2. The van der Waals surface area contributed by atoms with E-state index in [-0.39, 0.29) is 0 Å². The molecule has 0 fully saturated rings. The van der Waals surface area contributed by atoms with E-state index in [4.69, 9.17) is 0 Å². The number of benzene rings is 1. The summed E-state index contributed by atoms with van der Waals surface area (Å²) < 4.78 is 0. The molecule has 0 nitrogen and oxygen atoms in total. The summed E-state index contributed by atoms with van der Waals surface area (Å²) in [6.07, 6.45) is 2.11. The molecule has 0 spiro atoms. The lowest BCUT2D eigenvalue weighted by atomic mass is 9.93. The van der Waals surface area contributed by atoms with E-state index in [2.05, 4.69) is 59.4 Å². The van der Waals surface area contributed by atoms with Crippen LogP contribution in [-0.4, -0.2) is 0 Å². The van der Waals surface area contributed by atoms with Crippen LogP contribution in [0.3, 0.4) is 0 Å². The highest BCUT2D eigenvalue weighted by Crippen LogP contribution is 2.26. The third-order valence-electron chi connectivity index (χ3n) is 3.07. The standard InChI is InChI=1S/C15H20/c1-7-10(2)14(6)15-9-12(4)11(3)8-13(15)5/h7-9H,6H2,1-5H3/b10-7-. The van der Waals surface area contributed by atoms with Gasteiger partial charge in [-0.3, -0.25) is 0 Å². The highest BCUT2D eigenvalue weighted by molar-refractivity contribution is 5.78. The first-order valence-corrected chi connectivity index (χ1v) is 5.37. The van der Waals surface area contributed by atoms with Gasteiger partial charge in [0.25, 0.3) is 0 Å². The van der Waals surface area contributed by atoms with E-state index in [1.54, 1.807) is 0 Å². The molecule has 0 radical (unpaired) electrons. The summed E-state index contributed by atoms with van der Waals surface area (Å²) in [6.45, 7) is 14.8. The van der Waals surface area contributed by atoms with E-state index in [1.807, 2.05) is 0 Å². The van der Waals surface area contributed by atoms with Crippen LogP contribution in [0.25, 0.3) is 5.57 Å². The first-order valence-electron chi connectivity index (χ1n) is 5.37. The second kappa shape index (κ2) is 4.48. The molecule has 0 heteroatoms. The summed E-state index contributed by atoms with van der Waals surface area (Å²) in [5, 5.41) is 0. The molecule has 0 saturated carbocycles. The van der Waals surface area contributed by atoms with Crippen LogP contribution in [0.5, 0.6) is 0 Å². The second-order valence-corrected chi connectivity index (χ2v) is 4.20. The normalized spacial score (nSPS) is 11.7. The minimum atomic E-state index is 1.14. The fraction of sp³-hybridized carbons (Fsp3) is 0.333. The van der Waals surface area contributed by atoms with E-state index >= 15 is 0 Å². The molecule has 0 unspecified atom stereocenters. The Bertz CT molecular complexity index is 420. The molecule has 1 aromatic carbocycles. The Kier molecular flexibility index (Phi) is 3.52. The van der Waals surface area contributed by atoms with E-state index in [0.717, 1.165) is 5.57 Å². The predicted octanol–water partition coefficient (Wildman–Crippen LogP) is 4.59. The van der Waals surface area contributed by atoms with Crippen LogP contribution < -0.4 is 0 Å². The fourth-order valence-corrected chi connectivity index (χ4v) is 1.67. The Hall–Kier alpha value is -1.30. The largest absolute Gasteiger partial charge is 0.0909 e. The third kappa shape index (κ3) is 2.38. The average Bonchev–Trinajstić information content (AvgIpc) is 2.21. The Morgan fingerprint density at radius 3 is 2.13 bits per heavy atom. The number of hydrogen-bond acceptors (Lipinski definition) is 0. The van der Waals surface area contributed by atoms with Gasteiger partial charge in [-0.2, -0.15) is 0 Å². The zero-order valence-corrected chi connectivity index (χ0v) is 10.4. The molecule has 0 heterocycles. The predicted molar refractivity (Wildman–Crippen MR) is 69.1 cm³/mol. The summed E-state index contributed by atoms with van der Waals surface area (Å²) >= 11 is 0. The van der Waals surface area contributed by atoms with Gasteiger partial charge in [-0.15, -0.1) is 0 Å². The van der Waals surface area contributed by atoms with Crippen molar-refractivity contribution in [2.45, 2.75) is 34.6 Å². The van der Waals surface area contributed by atoms with E-state index < -0.39 is 0 Å². The van der Waals surface area contributed by atoms with E-state index in [0.29, 0.717) is 0 Å². The lowest BCUT2D eigenvalue weighted by Crippen LogP contribution is -1.93. The number of allylic oxidation sites excluding steroid dienone is 3. The molecule has 0 N–H and O–H groups in total. The second-order valence-electron chi connectivity index (χ2n) is 4.20. The van der Waals surface area contributed by atoms with Gasteiger partial charge in [0.1, 0.15) is 0 Å². The molecule has 1 aromatic rings. The minimum Gasteiger partial charge on any atom is -0.0909 e. The van der Waals surface area contributed by atoms with Crippen LogP contribution in [0.4, 0.5) is 0 Å². The van der Waals surface area contributed by atoms with E-state index in [1.165, 1.54) is 27.8 Å². The van der Waals surface area contributed by atoms with Gasteiger partial charge in [-0.1, -0.05) is 24.8 Å². The Labute approximate surface area is 93.3 Å². The van der Waals surface area contributed by atoms with Crippen molar-refractivity contribution in [2.75, 3.05) is 0 Å². The van der Waals surface area contributed by atoms with Gasteiger partial charge in [0.15, 0.2) is 0 Å². The molecule has 0 saturated heterocycles. The number of hydrogen-bond donors (Lipinski definition) is 0. The molecule has 1 rings (SSSR count).